The van der Waals surface area contributed by atoms with Crippen LogP contribution in [0.15, 0.2) is 65.6 Å². The average molecular weight is 453 g/mol. The molecule has 168 valence electrons. The van der Waals surface area contributed by atoms with Gasteiger partial charge in [-0.2, -0.15) is 0 Å². The van der Waals surface area contributed by atoms with Crippen molar-refractivity contribution in [3.63, 3.8) is 0 Å². The molecule has 6 nitrogen and oxygen atoms in total. The van der Waals surface area contributed by atoms with E-state index in [9.17, 15) is 13.2 Å². The fourth-order valence-electron chi connectivity index (χ4n) is 3.20. The van der Waals surface area contributed by atoms with Crippen molar-refractivity contribution >= 4 is 27.3 Å². The first-order chi connectivity index (χ1) is 15.1. The van der Waals surface area contributed by atoms with Crippen molar-refractivity contribution in [2.45, 2.75) is 45.6 Å². The van der Waals surface area contributed by atoms with E-state index < -0.39 is 16.1 Å². The topological polar surface area (TPSA) is 84.5 Å². The van der Waals surface area contributed by atoms with Gasteiger partial charge in [-0.25, -0.2) is 8.42 Å². The smallest absolute Gasteiger partial charge is 0.265 e. The quantitative estimate of drug-likeness (QED) is 0.521. The van der Waals surface area contributed by atoms with Crippen molar-refractivity contribution in [1.82, 2.24) is 0 Å². The summed E-state index contributed by atoms with van der Waals surface area (Å²) >= 11 is 0. The molecule has 7 heteroatoms. The number of para-hydroxylation sites is 1. The van der Waals surface area contributed by atoms with Gasteiger partial charge in [-0.3, -0.25) is 9.52 Å². The molecule has 0 radical (unpaired) electrons. The summed E-state index contributed by atoms with van der Waals surface area (Å²) in [4.78, 5) is 12.7. The predicted molar refractivity (Wildman–Crippen MR) is 128 cm³/mol. The van der Waals surface area contributed by atoms with E-state index in [1.807, 2.05) is 52.0 Å². The van der Waals surface area contributed by atoms with Gasteiger partial charge in [-0.05, 0) is 93.3 Å². The van der Waals surface area contributed by atoms with Crippen molar-refractivity contribution in [3.8, 4) is 5.75 Å². The Balaban J connectivity index is 1.67. The van der Waals surface area contributed by atoms with Crippen molar-refractivity contribution in [3.05, 3.63) is 82.9 Å². The first-order valence-corrected chi connectivity index (χ1v) is 11.8. The van der Waals surface area contributed by atoms with Crippen LogP contribution in [0.5, 0.6) is 5.75 Å². The molecule has 0 heterocycles. The highest BCUT2D eigenvalue weighted by Crippen LogP contribution is 2.24. The maximum Gasteiger partial charge on any atom is 0.265 e. The Labute approximate surface area is 189 Å². The highest BCUT2D eigenvalue weighted by atomic mass is 32.2. The molecule has 32 heavy (non-hydrogen) atoms. The van der Waals surface area contributed by atoms with E-state index in [4.69, 9.17) is 4.74 Å². The highest BCUT2D eigenvalue weighted by Gasteiger charge is 2.18. The van der Waals surface area contributed by atoms with Crippen LogP contribution in [0.3, 0.4) is 0 Å². The number of benzene rings is 3. The predicted octanol–water partition coefficient (Wildman–Crippen LogP) is 5.13. The lowest BCUT2D eigenvalue weighted by Gasteiger charge is -2.18. The van der Waals surface area contributed by atoms with Gasteiger partial charge in [0.1, 0.15) is 5.75 Å². The lowest BCUT2D eigenvalue weighted by molar-refractivity contribution is -0.122. The SMILES string of the molecule is Cc1ccc(NS(=O)(=O)c2ccc(NC(=O)C(C)Oc3c(C)cccc3C)cc2)cc1C. The Morgan fingerprint density at radius 1 is 0.812 bits per heavy atom. The van der Waals surface area contributed by atoms with E-state index in [1.54, 1.807) is 31.2 Å². The zero-order valence-corrected chi connectivity index (χ0v) is 19.7. The lowest BCUT2D eigenvalue weighted by atomic mass is 10.1. The summed E-state index contributed by atoms with van der Waals surface area (Å²) < 4.78 is 33.8. The molecule has 3 rings (SSSR count). The zero-order chi connectivity index (χ0) is 23.5. The van der Waals surface area contributed by atoms with Crippen LogP contribution < -0.4 is 14.8 Å². The van der Waals surface area contributed by atoms with Gasteiger partial charge < -0.3 is 10.1 Å². The standard InChI is InChI=1S/C25H28N2O4S/c1-16-9-10-22(15-19(16)4)27-32(29,30)23-13-11-21(12-14-23)26-25(28)20(5)31-24-17(2)7-6-8-18(24)3/h6-15,20,27H,1-5H3,(H,26,28). The van der Waals surface area contributed by atoms with E-state index in [2.05, 4.69) is 10.0 Å². The monoisotopic (exact) mass is 452 g/mol. The summed E-state index contributed by atoms with van der Waals surface area (Å²) in [7, 11) is -3.74. The first-order valence-electron chi connectivity index (χ1n) is 10.3. The number of hydrogen-bond acceptors (Lipinski definition) is 4. The molecular formula is C25H28N2O4S. The summed E-state index contributed by atoms with van der Waals surface area (Å²) in [5.74, 6) is 0.366. The number of ether oxygens (including phenoxy) is 1. The van der Waals surface area contributed by atoms with Crippen LogP contribution in [-0.2, 0) is 14.8 Å². The molecule has 0 aromatic heterocycles. The van der Waals surface area contributed by atoms with E-state index in [0.29, 0.717) is 17.1 Å². The second kappa shape index (κ2) is 9.44. The molecule has 0 aliphatic heterocycles. The van der Waals surface area contributed by atoms with Crippen molar-refractivity contribution in [2.24, 2.45) is 0 Å². The number of hydrogen-bond donors (Lipinski definition) is 2. The molecule has 0 aliphatic rings. The normalized spacial score (nSPS) is 12.2. The Morgan fingerprint density at radius 3 is 2.00 bits per heavy atom. The van der Waals surface area contributed by atoms with E-state index >= 15 is 0 Å². The molecule has 3 aromatic carbocycles. The van der Waals surface area contributed by atoms with Gasteiger partial charge in [0.05, 0.1) is 4.90 Å². The van der Waals surface area contributed by atoms with Gasteiger partial charge >= 0.3 is 0 Å². The maximum absolute atomic E-state index is 12.7. The minimum atomic E-state index is -3.74. The number of anilines is 2. The van der Waals surface area contributed by atoms with Gasteiger partial charge in [0.25, 0.3) is 15.9 Å². The Kier molecular flexibility index (Phi) is 6.89. The third-order valence-corrected chi connectivity index (χ3v) is 6.66. The fraction of sp³-hybridized carbons (Fsp3) is 0.240. The minimum Gasteiger partial charge on any atom is -0.480 e. The van der Waals surface area contributed by atoms with Gasteiger partial charge in [0.2, 0.25) is 0 Å². The van der Waals surface area contributed by atoms with Crippen LogP contribution >= 0.6 is 0 Å². The van der Waals surface area contributed by atoms with Crippen molar-refractivity contribution in [1.29, 1.82) is 0 Å². The molecule has 2 N–H and O–H groups in total. The number of amides is 1. The molecule has 1 atom stereocenters. The third kappa shape index (κ3) is 5.48. The Morgan fingerprint density at radius 2 is 1.41 bits per heavy atom. The maximum atomic E-state index is 12.7. The largest absolute Gasteiger partial charge is 0.480 e. The van der Waals surface area contributed by atoms with E-state index in [-0.39, 0.29) is 10.8 Å². The molecule has 0 bridgehead atoms. The number of carbonyl (C=O) groups excluding carboxylic acids is 1. The second-order valence-corrected chi connectivity index (χ2v) is 9.58. The Hall–Kier alpha value is -3.32. The summed E-state index contributed by atoms with van der Waals surface area (Å²) in [6.45, 7) is 9.42. The molecular weight excluding hydrogens is 424 g/mol. The molecule has 1 amide bonds. The molecule has 0 saturated heterocycles. The molecule has 0 saturated carbocycles. The van der Waals surface area contributed by atoms with Crippen LogP contribution in [0, 0.1) is 27.7 Å². The molecule has 1 unspecified atom stereocenters. The van der Waals surface area contributed by atoms with Crippen LogP contribution in [0.25, 0.3) is 0 Å². The van der Waals surface area contributed by atoms with Gasteiger partial charge in [-0.15, -0.1) is 0 Å². The van der Waals surface area contributed by atoms with E-state index in [1.165, 1.54) is 12.1 Å². The third-order valence-electron chi connectivity index (χ3n) is 5.26. The summed E-state index contributed by atoms with van der Waals surface area (Å²) in [6.07, 6.45) is -0.718. The van der Waals surface area contributed by atoms with Crippen molar-refractivity contribution < 1.29 is 17.9 Å². The molecule has 0 fully saturated rings. The van der Waals surface area contributed by atoms with Gasteiger partial charge in [-0.1, -0.05) is 24.3 Å². The van der Waals surface area contributed by atoms with Gasteiger partial charge in [0.15, 0.2) is 6.10 Å². The number of aryl methyl sites for hydroxylation is 4. The van der Waals surface area contributed by atoms with Gasteiger partial charge in [0, 0.05) is 11.4 Å². The molecule has 0 aliphatic carbocycles. The van der Waals surface area contributed by atoms with Crippen LogP contribution in [0.2, 0.25) is 0 Å². The van der Waals surface area contributed by atoms with Crippen LogP contribution in [0.4, 0.5) is 11.4 Å². The number of rotatable bonds is 7. The number of nitrogens with one attached hydrogen (secondary N) is 2. The summed E-state index contributed by atoms with van der Waals surface area (Å²) in [5, 5.41) is 2.76. The average Bonchev–Trinajstić information content (AvgIpc) is 2.73. The zero-order valence-electron chi connectivity index (χ0n) is 18.9. The van der Waals surface area contributed by atoms with E-state index in [0.717, 1.165) is 22.3 Å². The minimum absolute atomic E-state index is 0.105. The first kappa shape index (κ1) is 23.3. The second-order valence-electron chi connectivity index (χ2n) is 7.90. The number of sulfonamides is 1. The summed E-state index contributed by atoms with van der Waals surface area (Å²) in [5.41, 5.74) is 4.98. The van der Waals surface area contributed by atoms with Crippen molar-refractivity contribution in [2.75, 3.05) is 10.0 Å². The highest BCUT2D eigenvalue weighted by molar-refractivity contribution is 7.92. The fourth-order valence-corrected chi connectivity index (χ4v) is 4.25. The summed E-state index contributed by atoms with van der Waals surface area (Å²) in [6, 6.07) is 17.2. The van der Waals surface area contributed by atoms with Crippen LogP contribution in [-0.4, -0.2) is 20.4 Å². The molecule has 3 aromatic rings. The lowest BCUT2D eigenvalue weighted by Crippen LogP contribution is -2.30. The number of carbonyl (C=O) groups is 1. The van der Waals surface area contributed by atoms with Crippen LogP contribution in [0.1, 0.15) is 29.2 Å². The molecule has 0 spiro atoms. The Bertz CT molecular complexity index is 1220.